The lowest BCUT2D eigenvalue weighted by Crippen LogP contribution is -2.41. The Bertz CT molecular complexity index is 709. The minimum Gasteiger partial charge on any atom is -0.497 e. The molecule has 1 fully saturated rings. The Morgan fingerprint density at radius 3 is 2.42 bits per heavy atom. The third-order valence-corrected chi connectivity index (χ3v) is 6.27. The Morgan fingerprint density at radius 2 is 1.81 bits per heavy atom. The normalized spacial score (nSPS) is 24.5. The fourth-order valence-corrected chi connectivity index (χ4v) is 4.57. The molecule has 1 N–H and O–H groups in total. The van der Waals surface area contributed by atoms with Gasteiger partial charge in [0.15, 0.2) is 5.76 Å². The number of hydrogen-bond donors (Lipinski definition) is 1. The maximum Gasteiger partial charge on any atom is 0.288 e. The largest absolute Gasteiger partial charge is 0.497 e. The zero-order valence-electron chi connectivity index (χ0n) is 18.9. The van der Waals surface area contributed by atoms with E-state index in [9.17, 15) is 9.90 Å². The van der Waals surface area contributed by atoms with E-state index in [1.165, 1.54) is 19.3 Å². The average molecular weight is 432 g/mol. The van der Waals surface area contributed by atoms with Crippen molar-refractivity contribution < 1.29 is 24.1 Å². The summed E-state index contributed by atoms with van der Waals surface area (Å²) in [5.41, 5.74) is 1.09. The summed E-state index contributed by atoms with van der Waals surface area (Å²) in [6, 6.07) is 7.96. The van der Waals surface area contributed by atoms with Crippen LogP contribution in [-0.2, 0) is 14.3 Å². The number of carbonyl (C=O) groups excluding carboxylic acids is 1. The van der Waals surface area contributed by atoms with Crippen LogP contribution in [0.5, 0.6) is 5.75 Å². The molecule has 0 aliphatic carbocycles. The topological polar surface area (TPSA) is 68.2 Å². The van der Waals surface area contributed by atoms with Crippen molar-refractivity contribution in [2.45, 2.75) is 64.1 Å². The van der Waals surface area contributed by atoms with Gasteiger partial charge < -0.3 is 24.2 Å². The molecule has 6 nitrogen and oxygen atoms in total. The van der Waals surface area contributed by atoms with Crippen LogP contribution in [0.3, 0.4) is 0 Å². The molecule has 1 aromatic rings. The Morgan fingerprint density at radius 1 is 1.13 bits per heavy atom. The molecule has 0 spiro atoms. The first-order valence-corrected chi connectivity index (χ1v) is 11.7. The Balaban J connectivity index is 1.91. The monoisotopic (exact) mass is 431 g/mol. The number of aliphatic hydroxyl groups is 1. The van der Waals surface area contributed by atoms with Gasteiger partial charge >= 0.3 is 0 Å². The van der Waals surface area contributed by atoms with Crippen molar-refractivity contribution in [2.24, 2.45) is 5.92 Å². The summed E-state index contributed by atoms with van der Waals surface area (Å²) in [4.78, 5) is 15.3. The van der Waals surface area contributed by atoms with Crippen molar-refractivity contribution in [3.8, 4) is 5.75 Å². The maximum atomic E-state index is 13.4. The van der Waals surface area contributed by atoms with Crippen molar-refractivity contribution in [2.75, 3.05) is 33.4 Å². The van der Waals surface area contributed by atoms with Crippen LogP contribution in [0.1, 0.15) is 63.4 Å². The second-order valence-electron chi connectivity index (χ2n) is 8.36. The third kappa shape index (κ3) is 6.23. The van der Waals surface area contributed by atoms with Gasteiger partial charge in [-0.05, 0) is 56.4 Å². The predicted molar refractivity (Wildman–Crippen MR) is 120 cm³/mol. The summed E-state index contributed by atoms with van der Waals surface area (Å²) in [6.07, 6.45) is 8.53. The fraction of sp³-hybridized carbons (Fsp3) is 0.640. The van der Waals surface area contributed by atoms with Gasteiger partial charge in [0.2, 0.25) is 6.29 Å². The molecule has 1 saturated heterocycles. The van der Waals surface area contributed by atoms with E-state index >= 15 is 0 Å². The minimum absolute atomic E-state index is 0.0179. The number of nitrogens with zero attached hydrogens (tertiary/aromatic N) is 1. The molecule has 0 unspecified atom stereocenters. The van der Waals surface area contributed by atoms with Crippen molar-refractivity contribution >= 4 is 5.91 Å². The van der Waals surface area contributed by atoms with Crippen LogP contribution in [0, 0.1) is 5.92 Å². The molecule has 2 aliphatic heterocycles. The summed E-state index contributed by atoms with van der Waals surface area (Å²) in [5.74, 6) is 1.14. The first-order chi connectivity index (χ1) is 15.2. The summed E-state index contributed by atoms with van der Waals surface area (Å²) >= 11 is 0. The summed E-state index contributed by atoms with van der Waals surface area (Å²) in [5, 5.41) is 9.42. The quantitative estimate of drug-likeness (QED) is 0.667. The number of benzene rings is 1. The molecule has 172 valence electrons. The van der Waals surface area contributed by atoms with Crippen LogP contribution in [0.25, 0.3) is 0 Å². The second-order valence-corrected chi connectivity index (χ2v) is 8.36. The molecule has 0 aromatic heterocycles. The highest BCUT2D eigenvalue weighted by atomic mass is 16.7. The smallest absolute Gasteiger partial charge is 0.288 e. The second kappa shape index (κ2) is 12.1. The van der Waals surface area contributed by atoms with Gasteiger partial charge in [0.1, 0.15) is 5.75 Å². The molecule has 0 saturated carbocycles. The zero-order chi connectivity index (χ0) is 22.1. The van der Waals surface area contributed by atoms with E-state index in [4.69, 9.17) is 14.2 Å². The molecule has 0 bridgehead atoms. The lowest BCUT2D eigenvalue weighted by atomic mass is 9.80. The third-order valence-electron chi connectivity index (χ3n) is 6.27. The van der Waals surface area contributed by atoms with E-state index in [0.717, 1.165) is 43.7 Å². The van der Waals surface area contributed by atoms with Crippen LogP contribution >= 0.6 is 0 Å². The number of methoxy groups -OCH3 is 1. The lowest BCUT2D eigenvalue weighted by molar-refractivity contribution is -0.170. The zero-order valence-corrected chi connectivity index (χ0v) is 18.9. The maximum absolute atomic E-state index is 13.4. The number of ether oxygens (including phenoxy) is 3. The number of aliphatic hydroxyl groups excluding tert-OH is 1. The van der Waals surface area contributed by atoms with Crippen molar-refractivity contribution in [1.29, 1.82) is 0 Å². The number of carbonyl (C=O) groups is 1. The molecule has 0 radical (unpaired) electrons. The SMILES string of the molecule is CCO[C@H]1OC(C(=O)N2CCCCCCC2)=C[C@@H](c2ccc(OC)cc2)[C@H]1CCCO. The van der Waals surface area contributed by atoms with Gasteiger partial charge in [-0.2, -0.15) is 0 Å². The molecular formula is C25H37NO5. The van der Waals surface area contributed by atoms with Crippen molar-refractivity contribution in [3.05, 3.63) is 41.7 Å². The Labute approximate surface area is 186 Å². The van der Waals surface area contributed by atoms with Gasteiger partial charge in [-0.15, -0.1) is 0 Å². The minimum atomic E-state index is -0.512. The van der Waals surface area contributed by atoms with Gasteiger partial charge in [-0.25, -0.2) is 0 Å². The van der Waals surface area contributed by atoms with Gasteiger partial charge in [0.05, 0.1) is 7.11 Å². The summed E-state index contributed by atoms with van der Waals surface area (Å²) in [6.45, 7) is 4.11. The molecule has 1 amide bonds. The number of likely N-dealkylation sites (tertiary alicyclic amines) is 1. The number of rotatable bonds is 8. The van der Waals surface area contributed by atoms with Crippen LogP contribution < -0.4 is 4.74 Å². The molecule has 2 aliphatic rings. The van der Waals surface area contributed by atoms with Crippen LogP contribution in [0.4, 0.5) is 0 Å². The first-order valence-electron chi connectivity index (χ1n) is 11.7. The average Bonchev–Trinajstić information content (AvgIpc) is 2.77. The number of amides is 1. The highest BCUT2D eigenvalue weighted by molar-refractivity contribution is 5.91. The molecule has 6 heteroatoms. The highest BCUT2D eigenvalue weighted by Gasteiger charge is 2.38. The van der Waals surface area contributed by atoms with E-state index in [0.29, 0.717) is 18.8 Å². The molecule has 1 aromatic carbocycles. The first kappa shape index (κ1) is 23.6. The summed E-state index contributed by atoms with van der Waals surface area (Å²) < 4.78 is 17.4. The van der Waals surface area contributed by atoms with Gasteiger partial charge in [0, 0.05) is 38.1 Å². The van der Waals surface area contributed by atoms with E-state index < -0.39 is 6.29 Å². The van der Waals surface area contributed by atoms with E-state index in [1.54, 1.807) is 7.11 Å². The molecule has 2 heterocycles. The van der Waals surface area contributed by atoms with E-state index in [-0.39, 0.29) is 24.3 Å². The number of hydrogen-bond acceptors (Lipinski definition) is 5. The highest BCUT2D eigenvalue weighted by Crippen LogP contribution is 2.40. The fourth-order valence-electron chi connectivity index (χ4n) is 4.57. The van der Waals surface area contributed by atoms with Crippen LogP contribution in [-0.4, -0.2) is 55.6 Å². The number of allylic oxidation sites excluding steroid dienone is 1. The Hall–Kier alpha value is -2.05. The molecule has 3 atom stereocenters. The van der Waals surface area contributed by atoms with Crippen LogP contribution in [0.2, 0.25) is 0 Å². The van der Waals surface area contributed by atoms with Gasteiger partial charge in [-0.1, -0.05) is 31.4 Å². The van der Waals surface area contributed by atoms with Crippen molar-refractivity contribution in [3.63, 3.8) is 0 Å². The Kier molecular flexibility index (Phi) is 9.22. The van der Waals surface area contributed by atoms with E-state index in [2.05, 4.69) is 0 Å². The van der Waals surface area contributed by atoms with Gasteiger partial charge in [-0.3, -0.25) is 4.79 Å². The predicted octanol–water partition coefficient (Wildman–Crippen LogP) is 4.24. The standard InChI is InChI=1S/C25H37NO5/c1-3-30-25-21(10-9-17-27)22(19-11-13-20(29-2)14-12-19)18-23(31-25)24(28)26-15-7-5-4-6-8-16-26/h11-14,18,21-22,25,27H,3-10,15-17H2,1-2H3/t21-,22+,25+/m1/s1. The lowest BCUT2D eigenvalue weighted by Gasteiger charge is -2.38. The van der Waals surface area contributed by atoms with Crippen LogP contribution in [0.15, 0.2) is 36.1 Å². The molecule has 3 rings (SSSR count). The molecular weight excluding hydrogens is 394 g/mol. The van der Waals surface area contributed by atoms with Gasteiger partial charge in [0.25, 0.3) is 5.91 Å². The summed E-state index contributed by atoms with van der Waals surface area (Å²) in [7, 11) is 1.65. The molecule has 31 heavy (non-hydrogen) atoms. The van der Waals surface area contributed by atoms with E-state index in [1.807, 2.05) is 42.2 Å². The van der Waals surface area contributed by atoms with Crippen molar-refractivity contribution in [1.82, 2.24) is 4.90 Å².